The number of piperazine rings is 1. The van der Waals surface area contributed by atoms with E-state index in [0.717, 1.165) is 35.5 Å². The minimum atomic E-state index is -0.669. The molecule has 2 atom stereocenters. The SMILES string of the molecule is CN1C[C@@H]2C[C@H]1CN2c1ccc(-c2ccnc3c(-c4ccc(F)c(O)c4)c(-c4ccncc4)nn23)cc1. The number of rotatable bonds is 4. The van der Waals surface area contributed by atoms with Crippen LogP contribution in [0.5, 0.6) is 5.75 Å². The van der Waals surface area contributed by atoms with Crippen LogP contribution in [0.15, 0.2) is 79.3 Å². The molecule has 2 aliphatic heterocycles. The van der Waals surface area contributed by atoms with Crippen molar-refractivity contribution in [3.8, 4) is 39.4 Å². The highest BCUT2D eigenvalue weighted by Crippen LogP contribution is 2.38. The Labute approximate surface area is 213 Å². The monoisotopic (exact) mass is 492 g/mol. The summed E-state index contributed by atoms with van der Waals surface area (Å²) in [6.45, 7) is 2.19. The van der Waals surface area contributed by atoms with Crippen LogP contribution in [0.25, 0.3) is 39.3 Å². The van der Waals surface area contributed by atoms with E-state index >= 15 is 0 Å². The Morgan fingerprint density at radius 1 is 0.865 bits per heavy atom. The Kier molecular flexibility index (Phi) is 4.97. The Hall–Kier alpha value is -4.30. The van der Waals surface area contributed by atoms with Gasteiger partial charge in [0, 0.05) is 60.6 Å². The lowest BCUT2D eigenvalue weighted by molar-refractivity contribution is 0.292. The molecule has 37 heavy (non-hydrogen) atoms. The lowest BCUT2D eigenvalue weighted by Gasteiger charge is -2.33. The Morgan fingerprint density at radius 3 is 2.35 bits per heavy atom. The largest absolute Gasteiger partial charge is 0.505 e. The predicted octanol–water partition coefficient (Wildman–Crippen LogP) is 4.86. The van der Waals surface area contributed by atoms with E-state index in [9.17, 15) is 9.50 Å². The van der Waals surface area contributed by atoms with Gasteiger partial charge in [-0.3, -0.25) is 9.88 Å². The fraction of sp³-hybridized carbons (Fsp3) is 0.207. The maximum atomic E-state index is 13.9. The van der Waals surface area contributed by atoms with Gasteiger partial charge in [0.05, 0.1) is 11.3 Å². The summed E-state index contributed by atoms with van der Waals surface area (Å²) in [5.41, 5.74) is 6.68. The highest BCUT2D eigenvalue weighted by Gasteiger charge is 2.41. The van der Waals surface area contributed by atoms with Crippen molar-refractivity contribution in [1.82, 2.24) is 24.5 Å². The van der Waals surface area contributed by atoms with Gasteiger partial charge in [0.25, 0.3) is 0 Å². The molecule has 2 bridgehead atoms. The van der Waals surface area contributed by atoms with E-state index in [2.05, 4.69) is 51.1 Å². The molecular weight excluding hydrogens is 467 g/mol. The zero-order valence-electron chi connectivity index (χ0n) is 20.3. The standard InChI is InChI=1S/C29H25FN6O/c1-34-16-23-15-22(34)17-35(23)21-5-2-18(3-6-21)25-10-13-32-29-27(20-4-7-24(30)26(37)14-20)28(33-36(25)29)19-8-11-31-12-9-19/h2-14,22-23,37H,15-17H2,1H3/t22-,23-/m0/s1. The van der Waals surface area contributed by atoms with Gasteiger partial charge < -0.3 is 10.0 Å². The number of likely N-dealkylation sites (tertiary alicyclic amines) is 1. The summed E-state index contributed by atoms with van der Waals surface area (Å²) in [5.74, 6) is -1.08. The van der Waals surface area contributed by atoms with Gasteiger partial charge in [-0.2, -0.15) is 5.10 Å². The van der Waals surface area contributed by atoms with E-state index in [1.807, 2.05) is 22.7 Å². The fourth-order valence-corrected chi connectivity index (χ4v) is 5.82. The first-order valence-electron chi connectivity index (χ1n) is 12.4. The molecule has 8 heteroatoms. The molecule has 2 aliphatic rings. The summed E-state index contributed by atoms with van der Waals surface area (Å²) in [6, 6.07) is 19.9. The molecule has 0 spiro atoms. The molecule has 0 saturated carbocycles. The average molecular weight is 493 g/mol. The molecule has 0 radical (unpaired) electrons. The van der Waals surface area contributed by atoms with Crippen LogP contribution in [0, 0.1) is 5.82 Å². The van der Waals surface area contributed by atoms with Gasteiger partial charge in [-0.25, -0.2) is 13.9 Å². The quantitative estimate of drug-likeness (QED) is 0.386. The molecular formula is C29H25FN6O. The van der Waals surface area contributed by atoms with Crippen LogP contribution in [0.2, 0.25) is 0 Å². The van der Waals surface area contributed by atoms with Gasteiger partial charge in [0.15, 0.2) is 17.2 Å². The van der Waals surface area contributed by atoms with Crippen molar-refractivity contribution in [1.29, 1.82) is 0 Å². The van der Waals surface area contributed by atoms with E-state index < -0.39 is 11.6 Å². The number of fused-ring (bicyclic) bond motifs is 3. The molecule has 3 aromatic heterocycles. The Bertz CT molecular complexity index is 1620. The summed E-state index contributed by atoms with van der Waals surface area (Å²) < 4.78 is 15.7. The van der Waals surface area contributed by atoms with Crippen LogP contribution in [-0.4, -0.2) is 61.8 Å². The van der Waals surface area contributed by atoms with Crippen molar-refractivity contribution in [2.24, 2.45) is 0 Å². The lowest BCUT2D eigenvalue weighted by atomic mass is 10.0. The summed E-state index contributed by atoms with van der Waals surface area (Å²) in [7, 11) is 2.21. The summed E-state index contributed by atoms with van der Waals surface area (Å²) in [6.07, 6.45) is 6.41. The third-order valence-corrected chi connectivity index (χ3v) is 7.72. The third kappa shape index (κ3) is 3.55. The number of aromatic hydroxyl groups is 1. The lowest BCUT2D eigenvalue weighted by Crippen LogP contribution is -2.44. The van der Waals surface area contributed by atoms with Crippen molar-refractivity contribution in [3.63, 3.8) is 0 Å². The third-order valence-electron chi connectivity index (χ3n) is 7.72. The van der Waals surface area contributed by atoms with Gasteiger partial charge in [-0.05, 0) is 61.5 Å². The molecule has 5 heterocycles. The molecule has 0 aliphatic carbocycles. The highest BCUT2D eigenvalue weighted by molar-refractivity contribution is 5.91. The molecule has 2 fully saturated rings. The number of phenols is 1. The normalized spacial score (nSPS) is 19.2. The van der Waals surface area contributed by atoms with Crippen LogP contribution in [0.1, 0.15) is 6.42 Å². The zero-order chi connectivity index (χ0) is 25.1. The maximum absolute atomic E-state index is 13.9. The molecule has 2 saturated heterocycles. The Balaban J connectivity index is 1.35. The van der Waals surface area contributed by atoms with Crippen molar-refractivity contribution >= 4 is 11.3 Å². The number of nitrogens with zero attached hydrogens (tertiary/aromatic N) is 6. The van der Waals surface area contributed by atoms with Crippen molar-refractivity contribution < 1.29 is 9.50 Å². The smallest absolute Gasteiger partial charge is 0.164 e. The van der Waals surface area contributed by atoms with Crippen LogP contribution >= 0.6 is 0 Å². The zero-order valence-corrected chi connectivity index (χ0v) is 20.3. The van der Waals surface area contributed by atoms with E-state index in [-0.39, 0.29) is 0 Å². The average Bonchev–Trinajstić information content (AvgIpc) is 3.63. The van der Waals surface area contributed by atoms with E-state index in [1.165, 1.54) is 24.2 Å². The number of halogens is 1. The van der Waals surface area contributed by atoms with Crippen LogP contribution in [0.4, 0.5) is 10.1 Å². The van der Waals surface area contributed by atoms with Gasteiger partial charge >= 0.3 is 0 Å². The van der Waals surface area contributed by atoms with E-state index in [0.29, 0.717) is 29.0 Å². The van der Waals surface area contributed by atoms with E-state index in [1.54, 1.807) is 24.7 Å². The van der Waals surface area contributed by atoms with Crippen molar-refractivity contribution in [2.45, 2.75) is 18.5 Å². The minimum Gasteiger partial charge on any atom is -0.505 e. The van der Waals surface area contributed by atoms with E-state index in [4.69, 9.17) is 5.10 Å². The number of pyridine rings is 1. The topological polar surface area (TPSA) is 69.8 Å². The second-order valence-corrected chi connectivity index (χ2v) is 9.87. The number of hydrogen-bond donors (Lipinski definition) is 1. The van der Waals surface area contributed by atoms with Crippen LogP contribution in [-0.2, 0) is 0 Å². The number of phenolic OH excluding ortho intramolecular Hbond substituents is 1. The second-order valence-electron chi connectivity index (χ2n) is 9.87. The maximum Gasteiger partial charge on any atom is 0.164 e. The summed E-state index contributed by atoms with van der Waals surface area (Å²) in [5, 5.41) is 15.1. The molecule has 5 aromatic rings. The number of hydrogen-bond acceptors (Lipinski definition) is 6. The number of anilines is 1. The fourth-order valence-electron chi connectivity index (χ4n) is 5.82. The predicted molar refractivity (Wildman–Crippen MR) is 141 cm³/mol. The minimum absolute atomic E-state index is 0.411. The van der Waals surface area contributed by atoms with Gasteiger partial charge in [-0.15, -0.1) is 0 Å². The Morgan fingerprint density at radius 2 is 1.65 bits per heavy atom. The van der Waals surface area contributed by atoms with Crippen molar-refractivity contribution in [3.05, 3.63) is 85.1 Å². The van der Waals surface area contributed by atoms with Gasteiger partial charge in [0.2, 0.25) is 0 Å². The van der Waals surface area contributed by atoms with Crippen LogP contribution < -0.4 is 4.90 Å². The molecule has 7 rings (SSSR count). The molecule has 0 unspecified atom stereocenters. The van der Waals surface area contributed by atoms with Crippen LogP contribution in [0.3, 0.4) is 0 Å². The molecule has 184 valence electrons. The number of likely N-dealkylation sites (N-methyl/N-ethyl adjacent to an activating group) is 1. The molecule has 7 nitrogen and oxygen atoms in total. The molecule has 0 amide bonds. The summed E-state index contributed by atoms with van der Waals surface area (Å²) in [4.78, 5) is 13.8. The van der Waals surface area contributed by atoms with Crippen molar-refractivity contribution in [2.75, 3.05) is 25.0 Å². The second kappa shape index (κ2) is 8.38. The summed E-state index contributed by atoms with van der Waals surface area (Å²) >= 11 is 0. The first-order chi connectivity index (χ1) is 18.1. The highest BCUT2D eigenvalue weighted by atomic mass is 19.1. The van der Waals surface area contributed by atoms with Gasteiger partial charge in [-0.1, -0.05) is 18.2 Å². The number of benzene rings is 2. The first kappa shape index (κ1) is 21.9. The van der Waals surface area contributed by atoms with Gasteiger partial charge in [0.1, 0.15) is 5.69 Å². The molecule has 2 aromatic carbocycles. The first-order valence-corrected chi connectivity index (χ1v) is 12.4. The number of aromatic nitrogens is 4. The molecule has 1 N–H and O–H groups in total.